The molecule has 0 spiro atoms. The van der Waals surface area contributed by atoms with Crippen molar-refractivity contribution < 1.29 is 69.6 Å². The van der Waals surface area contributed by atoms with Gasteiger partial charge in [0.15, 0.2) is 23.4 Å². The predicted octanol–water partition coefficient (Wildman–Crippen LogP) is -1.25. The highest BCUT2D eigenvalue weighted by Gasteiger charge is 2.48. The number of ether oxygens (including phenoxy) is 1. The Hall–Kier alpha value is -3.65. The standard InChI is InChI=1S/C11H18N2O3.C8H11NO2.C6H8O6.BH3O3.ClH/c1-4-11(6-5-7(2)3)8(14)12-10(16)13-9(11)15;9-4-3-6-1-2-7(10)8(11)5-6;7-1-2(8)5-3(9)4(10)6(11)12-5;2-1(3)4;/h7H,4-6H2,1-3H3,(H2,12,13,14,15,16);1-2,5,10-11H,3-4,9H2;2,5,7-10H,1H2;2-4H;1H/t;;2-,5+;;/m..0../s1. The van der Waals surface area contributed by atoms with Gasteiger partial charge in [-0.2, -0.15) is 0 Å². The fraction of sp³-hybridized carbons (Fsp3) is 0.520. The summed E-state index contributed by atoms with van der Waals surface area (Å²) in [5.74, 6) is -3.48. The monoisotopic (exact) mass is 653 g/mol. The van der Waals surface area contributed by atoms with Crippen molar-refractivity contribution in [2.45, 2.75) is 58.7 Å². The number of urea groups is 1. The molecule has 0 aliphatic carbocycles. The minimum atomic E-state index is -2.17. The van der Waals surface area contributed by atoms with E-state index in [1.807, 2.05) is 13.8 Å². The van der Waals surface area contributed by atoms with Crippen molar-refractivity contribution in [1.82, 2.24) is 10.6 Å². The maximum Gasteiger partial charge on any atom is 0.631 e. The van der Waals surface area contributed by atoms with Crippen LogP contribution in [-0.4, -0.2) is 102 Å². The number of benzene rings is 1. The third-order valence-electron chi connectivity index (χ3n) is 6.02. The molecule has 4 amide bonds. The number of carbonyl (C=O) groups excluding carboxylic acids is 4. The lowest BCUT2D eigenvalue weighted by atomic mass is 9.76. The van der Waals surface area contributed by atoms with Gasteiger partial charge in [-0.15, -0.1) is 12.4 Å². The van der Waals surface area contributed by atoms with Crippen molar-refractivity contribution in [3.05, 3.63) is 35.3 Å². The van der Waals surface area contributed by atoms with Crippen LogP contribution in [0.3, 0.4) is 0 Å². The van der Waals surface area contributed by atoms with Crippen LogP contribution in [0.15, 0.2) is 29.7 Å². The highest BCUT2D eigenvalue weighted by atomic mass is 35.5. The summed E-state index contributed by atoms with van der Waals surface area (Å²) >= 11 is 0. The average Bonchev–Trinajstić information content (AvgIpc) is 3.18. The molecule has 13 N–H and O–H groups in total. The van der Waals surface area contributed by atoms with Gasteiger partial charge in [0.25, 0.3) is 0 Å². The van der Waals surface area contributed by atoms with E-state index in [0.29, 0.717) is 31.7 Å². The smallest absolute Gasteiger partial charge is 0.505 e. The molecule has 1 saturated heterocycles. The molecule has 19 heteroatoms. The largest absolute Gasteiger partial charge is 0.631 e. The van der Waals surface area contributed by atoms with Crippen LogP contribution in [0.2, 0.25) is 0 Å². The quantitative estimate of drug-likeness (QED) is 0.0674. The SMILES string of the molecule is CCC1(CCC(C)C)C(=O)NC(=O)NC1=O.Cl.NCCc1ccc(O)c(O)c1.O=C1O[C@H]([C@@H](O)CO)C(O)=C1O.OB(O)O. The number of carbonyl (C=O) groups is 4. The second-order valence-electron chi connectivity index (χ2n) is 9.62. The second kappa shape index (κ2) is 20.3. The maximum absolute atomic E-state index is 11.8. The molecule has 2 aliphatic heterocycles. The Kier molecular flexibility index (Phi) is 19.6. The van der Waals surface area contributed by atoms with Gasteiger partial charge in [-0.1, -0.05) is 26.8 Å². The van der Waals surface area contributed by atoms with Gasteiger partial charge in [0.1, 0.15) is 11.5 Å². The maximum atomic E-state index is 11.8. The minimum Gasteiger partial charge on any atom is -0.505 e. The van der Waals surface area contributed by atoms with Crippen LogP contribution in [0.4, 0.5) is 4.79 Å². The van der Waals surface area contributed by atoms with E-state index in [0.717, 1.165) is 12.0 Å². The Bertz CT molecular complexity index is 1110. The first-order valence-corrected chi connectivity index (χ1v) is 13.0. The van der Waals surface area contributed by atoms with E-state index in [4.69, 9.17) is 51.4 Å². The number of amides is 4. The summed E-state index contributed by atoms with van der Waals surface area (Å²) in [6.45, 7) is 5.73. The molecule has 1 aromatic carbocycles. The number of nitrogens with one attached hydrogen (secondary N) is 2. The van der Waals surface area contributed by atoms with Crippen LogP contribution in [-0.2, 0) is 25.5 Å². The number of esters is 1. The van der Waals surface area contributed by atoms with E-state index >= 15 is 0 Å². The fourth-order valence-electron chi connectivity index (χ4n) is 3.55. The highest BCUT2D eigenvalue weighted by molar-refractivity contribution is 6.30. The third kappa shape index (κ3) is 13.3. The number of phenolic OH excluding ortho intramolecular Hbond substituents is 2. The number of imide groups is 2. The van der Waals surface area contributed by atoms with E-state index in [9.17, 15) is 19.2 Å². The number of halogens is 1. The van der Waals surface area contributed by atoms with Crippen molar-refractivity contribution in [2.75, 3.05) is 13.2 Å². The molecule has 0 aromatic heterocycles. The Morgan fingerprint density at radius 2 is 1.52 bits per heavy atom. The van der Waals surface area contributed by atoms with Crippen molar-refractivity contribution in [3.8, 4) is 11.5 Å². The van der Waals surface area contributed by atoms with E-state index < -0.39 is 66.9 Å². The van der Waals surface area contributed by atoms with E-state index in [1.165, 1.54) is 12.1 Å². The molecule has 0 radical (unpaired) electrons. The summed E-state index contributed by atoms with van der Waals surface area (Å²) in [7, 11) is -2.17. The number of cyclic esters (lactones) is 1. The number of hydrogen-bond acceptors (Lipinski definition) is 15. The Balaban J connectivity index is 0. The minimum absolute atomic E-state index is 0. The van der Waals surface area contributed by atoms with Crippen LogP contribution >= 0.6 is 12.4 Å². The zero-order valence-corrected chi connectivity index (χ0v) is 25.2. The first kappa shape index (κ1) is 42.5. The number of rotatable bonds is 8. The van der Waals surface area contributed by atoms with Crippen LogP contribution in [0.1, 0.15) is 45.6 Å². The molecule has 0 saturated carbocycles. The summed E-state index contributed by atoms with van der Waals surface area (Å²) in [5, 5.41) is 78.8. The number of nitrogens with two attached hydrogens (primary N) is 1. The van der Waals surface area contributed by atoms with Gasteiger partial charge in [-0.25, -0.2) is 9.59 Å². The van der Waals surface area contributed by atoms with Crippen molar-refractivity contribution >= 4 is 43.5 Å². The summed E-state index contributed by atoms with van der Waals surface area (Å²) in [6.07, 6.45) is -0.394. The highest BCUT2D eigenvalue weighted by Crippen LogP contribution is 2.32. The molecule has 2 atom stereocenters. The average molecular weight is 654 g/mol. The summed E-state index contributed by atoms with van der Waals surface area (Å²) in [5.41, 5.74) is 5.17. The molecule has 17 nitrogen and oxygen atoms in total. The predicted molar refractivity (Wildman–Crippen MR) is 156 cm³/mol. The molecule has 44 heavy (non-hydrogen) atoms. The third-order valence-corrected chi connectivity index (χ3v) is 6.02. The van der Waals surface area contributed by atoms with E-state index in [1.54, 1.807) is 13.0 Å². The molecule has 3 rings (SSSR count). The molecule has 250 valence electrons. The van der Waals surface area contributed by atoms with Gasteiger partial charge < -0.3 is 56.2 Å². The van der Waals surface area contributed by atoms with E-state index in [-0.39, 0.29) is 23.9 Å². The lowest BCUT2D eigenvalue weighted by Crippen LogP contribution is -2.62. The lowest BCUT2D eigenvalue weighted by molar-refractivity contribution is -0.148. The molecule has 1 fully saturated rings. The summed E-state index contributed by atoms with van der Waals surface area (Å²) in [4.78, 5) is 45.1. The van der Waals surface area contributed by atoms with E-state index in [2.05, 4.69) is 15.4 Å². The second-order valence-corrected chi connectivity index (χ2v) is 9.62. The fourth-order valence-corrected chi connectivity index (χ4v) is 3.55. The molecule has 1 aromatic rings. The number of hydrogen-bond donors (Lipinski definition) is 12. The lowest BCUT2D eigenvalue weighted by Gasteiger charge is -2.33. The van der Waals surface area contributed by atoms with Gasteiger partial charge in [-0.05, 0) is 55.8 Å². The number of aromatic hydroxyl groups is 2. The topological polar surface area (TPSA) is 310 Å². The van der Waals surface area contributed by atoms with Crippen molar-refractivity contribution in [2.24, 2.45) is 17.1 Å². The Morgan fingerprint density at radius 1 is 1.00 bits per heavy atom. The molecular formula is C25H41BClN3O14. The normalized spacial score (nSPS) is 17.3. The van der Waals surface area contributed by atoms with Crippen LogP contribution in [0, 0.1) is 11.3 Å². The van der Waals surface area contributed by atoms with Crippen LogP contribution in [0.25, 0.3) is 0 Å². The van der Waals surface area contributed by atoms with Crippen molar-refractivity contribution in [1.29, 1.82) is 0 Å². The van der Waals surface area contributed by atoms with Gasteiger partial charge in [0, 0.05) is 0 Å². The number of barbiturate groups is 1. The zero-order valence-electron chi connectivity index (χ0n) is 24.3. The summed E-state index contributed by atoms with van der Waals surface area (Å²) in [6, 6.07) is 3.99. The molecular weight excluding hydrogens is 613 g/mol. The van der Waals surface area contributed by atoms with Gasteiger partial charge in [0.2, 0.25) is 17.6 Å². The van der Waals surface area contributed by atoms with Crippen LogP contribution in [0.5, 0.6) is 11.5 Å². The molecule has 2 heterocycles. The Morgan fingerprint density at radius 3 is 1.89 bits per heavy atom. The van der Waals surface area contributed by atoms with Gasteiger partial charge in [-0.3, -0.25) is 20.2 Å². The number of phenols is 2. The molecule has 0 unspecified atom stereocenters. The van der Waals surface area contributed by atoms with Crippen LogP contribution < -0.4 is 16.4 Å². The summed E-state index contributed by atoms with van der Waals surface area (Å²) < 4.78 is 4.32. The Labute approximate surface area is 259 Å². The van der Waals surface area contributed by atoms with Gasteiger partial charge >= 0.3 is 19.3 Å². The first-order valence-electron chi connectivity index (χ1n) is 13.0. The number of aliphatic hydroxyl groups is 4. The molecule has 2 aliphatic rings. The zero-order chi connectivity index (χ0) is 33.5. The van der Waals surface area contributed by atoms with Gasteiger partial charge in [0.05, 0.1) is 6.61 Å². The van der Waals surface area contributed by atoms with Crippen molar-refractivity contribution in [3.63, 3.8) is 0 Å². The number of aliphatic hydroxyl groups excluding tert-OH is 4. The molecule has 0 bridgehead atoms. The first-order chi connectivity index (χ1) is 20.0.